The van der Waals surface area contributed by atoms with Gasteiger partial charge in [-0.05, 0) is 36.1 Å². The van der Waals surface area contributed by atoms with Crippen LogP contribution in [0.25, 0.3) is 11.3 Å². The van der Waals surface area contributed by atoms with Crippen LogP contribution in [0.1, 0.15) is 23.6 Å². The monoisotopic (exact) mass is 199 g/mol. The minimum absolute atomic E-state index is 0.204. The van der Waals surface area contributed by atoms with Gasteiger partial charge in [-0.2, -0.15) is 0 Å². The molecule has 2 N–H and O–H groups in total. The van der Waals surface area contributed by atoms with E-state index in [1.807, 2.05) is 12.1 Å². The van der Waals surface area contributed by atoms with Crippen molar-refractivity contribution in [2.75, 3.05) is 0 Å². The average molecular weight is 199 g/mol. The van der Waals surface area contributed by atoms with Crippen molar-refractivity contribution in [2.24, 2.45) is 5.73 Å². The summed E-state index contributed by atoms with van der Waals surface area (Å²) in [6, 6.07) is 10.4. The average Bonchev–Trinajstić information content (AvgIpc) is 2.88. The summed E-state index contributed by atoms with van der Waals surface area (Å²) in [6.45, 7) is 0. The smallest absolute Gasteiger partial charge is 0.134 e. The van der Waals surface area contributed by atoms with Crippen molar-refractivity contribution in [3.63, 3.8) is 0 Å². The molecule has 1 aromatic carbocycles. The molecule has 0 spiro atoms. The van der Waals surface area contributed by atoms with E-state index >= 15 is 0 Å². The van der Waals surface area contributed by atoms with E-state index in [0.29, 0.717) is 0 Å². The van der Waals surface area contributed by atoms with E-state index in [1.165, 1.54) is 16.7 Å². The van der Waals surface area contributed by atoms with Crippen molar-refractivity contribution in [1.82, 2.24) is 0 Å². The van der Waals surface area contributed by atoms with Crippen molar-refractivity contribution < 1.29 is 4.42 Å². The molecule has 1 aliphatic rings. The Bertz CT molecular complexity index is 473. The summed E-state index contributed by atoms with van der Waals surface area (Å²) in [4.78, 5) is 0. The maximum Gasteiger partial charge on any atom is 0.134 e. The minimum Gasteiger partial charge on any atom is -0.464 e. The molecule has 2 nitrogen and oxygen atoms in total. The molecule has 2 aromatic rings. The first-order valence-electron chi connectivity index (χ1n) is 5.27. The van der Waals surface area contributed by atoms with Crippen molar-refractivity contribution in [3.05, 3.63) is 47.7 Å². The maximum atomic E-state index is 6.04. The number of nitrogens with two attached hydrogens (primary N) is 1. The Morgan fingerprint density at radius 1 is 1.20 bits per heavy atom. The van der Waals surface area contributed by atoms with Gasteiger partial charge in [-0.15, -0.1) is 0 Å². The molecule has 0 amide bonds. The second-order valence-corrected chi connectivity index (χ2v) is 4.00. The summed E-state index contributed by atoms with van der Waals surface area (Å²) in [7, 11) is 0. The SMILES string of the molecule is NC1CCc2c(-c3ccco3)cccc21. The molecule has 0 bridgehead atoms. The molecule has 1 heterocycles. The lowest BCUT2D eigenvalue weighted by Gasteiger charge is -2.07. The van der Waals surface area contributed by atoms with E-state index in [9.17, 15) is 0 Å². The molecule has 2 heteroatoms. The van der Waals surface area contributed by atoms with E-state index in [-0.39, 0.29) is 6.04 Å². The standard InChI is InChI=1S/C13H13NO/c14-12-7-6-9-10(12)3-1-4-11(9)13-5-2-8-15-13/h1-5,8,12H,6-7,14H2. The maximum absolute atomic E-state index is 6.04. The topological polar surface area (TPSA) is 39.2 Å². The first kappa shape index (κ1) is 8.74. The molecule has 1 atom stereocenters. The Hall–Kier alpha value is -1.54. The van der Waals surface area contributed by atoms with Crippen LogP contribution >= 0.6 is 0 Å². The Morgan fingerprint density at radius 2 is 2.13 bits per heavy atom. The summed E-state index contributed by atoms with van der Waals surface area (Å²) in [5.74, 6) is 0.945. The van der Waals surface area contributed by atoms with E-state index in [1.54, 1.807) is 6.26 Å². The van der Waals surface area contributed by atoms with E-state index in [4.69, 9.17) is 10.2 Å². The third-order valence-corrected chi connectivity index (χ3v) is 3.10. The summed E-state index contributed by atoms with van der Waals surface area (Å²) in [6.07, 6.45) is 3.82. The van der Waals surface area contributed by atoms with Crippen LogP contribution in [0.15, 0.2) is 41.0 Å². The highest BCUT2D eigenvalue weighted by Gasteiger charge is 2.22. The number of hydrogen-bond donors (Lipinski definition) is 1. The third kappa shape index (κ3) is 1.29. The van der Waals surface area contributed by atoms with Gasteiger partial charge in [0.05, 0.1) is 6.26 Å². The predicted molar refractivity (Wildman–Crippen MR) is 59.4 cm³/mol. The van der Waals surface area contributed by atoms with Gasteiger partial charge < -0.3 is 10.2 Å². The van der Waals surface area contributed by atoms with E-state index < -0.39 is 0 Å². The van der Waals surface area contributed by atoms with E-state index in [2.05, 4.69) is 18.2 Å². The zero-order chi connectivity index (χ0) is 10.3. The number of benzene rings is 1. The van der Waals surface area contributed by atoms with Gasteiger partial charge in [0, 0.05) is 11.6 Å². The first-order valence-corrected chi connectivity index (χ1v) is 5.27. The molecule has 15 heavy (non-hydrogen) atoms. The molecule has 3 rings (SSSR count). The van der Waals surface area contributed by atoms with Crippen LogP contribution in [0, 0.1) is 0 Å². The number of furan rings is 1. The van der Waals surface area contributed by atoms with Crippen LogP contribution in [0.4, 0.5) is 0 Å². The lowest BCUT2D eigenvalue weighted by molar-refractivity contribution is 0.581. The molecule has 76 valence electrons. The van der Waals surface area contributed by atoms with Gasteiger partial charge in [0.1, 0.15) is 5.76 Å². The molecular weight excluding hydrogens is 186 g/mol. The van der Waals surface area contributed by atoms with Crippen LogP contribution in [0.5, 0.6) is 0 Å². The fourth-order valence-corrected chi connectivity index (χ4v) is 2.35. The Labute approximate surface area is 88.7 Å². The number of fused-ring (bicyclic) bond motifs is 1. The fraction of sp³-hybridized carbons (Fsp3) is 0.231. The molecule has 0 saturated carbocycles. The summed E-state index contributed by atoms with van der Waals surface area (Å²) < 4.78 is 5.44. The Kier molecular flexibility index (Phi) is 1.89. The lowest BCUT2D eigenvalue weighted by atomic mass is 10.0. The fourth-order valence-electron chi connectivity index (χ4n) is 2.35. The van der Waals surface area contributed by atoms with Crippen LogP contribution in [0.3, 0.4) is 0 Å². The number of hydrogen-bond acceptors (Lipinski definition) is 2. The van der Waals surface area contributed by atoms with Gasteiger partial charge in [-0.3, -0.25) is 0 Å². The van der Waals surface area contributed by atoms with Crippen molar-refractivity contribution in [2.45, 2.75) is 18.9 Å². The zero-order valence-corrected chi connectivity index (χ0v) is 8.44. The van der Waals surface area contributed by atoms with Crippen molar-refractivity contribution >= 4 is 0 Å². The minimum atomic E-state index is 0.204. The van der Waals surface area contributed by atoms with Crippen LogP contribution in [0.2, 0.25) is 0 Å². The predicted octanol–water partition coefficient (Wildman–Crippen LogP) is 2.89. The summed E-state index contributed by atoms with van der Waals surface area (Å²) >= 11 is 0. The molecule has 0 fully saturated rings. The van der Waals surface area contributed by atoms with Gasteiger partial charge in [-0.25, -0.2) is 0 Å². The van der Waals surface area contributed by atoms with Gasteiger partial charge in [0.2, 0.25) is 0 Å². The van der Waals surface area contributed by atoms with Crippen LogP contribution in [-0.2, 0) is 6.42 Å². The highest BCUT2D eigenvalue weighted by atomic mass is 16.3. The Morgan fingerprint density at radius 3 is 2.93 bits per heavy atom. The molecule has 1 aliphatic carbocycles. The molecule has 0 saturated heterocycles. The van der Waals surface area contributed by atoms with Crippen molar-refractivity contribution in [3.8, 4) is 11.3 Å². The van der Waals surface area contributed by atoms with Gasteiger partial charge in [0.25, 0.3) is 0 Å². The van der Waals surface area contributed by atoms with Crippen molar-refractivity contribution in [1.29, 1.82) is 0 Å². The van der Waals surface area contributed by atoms with Crippen LogP contribution < -0.4 is 5.73 Å². The largest absolute Gasteiger partial charge is 0.464 e. The normalized spacial score (nSPS) is 19.1. The summed E-state index contributed by atoms with van der Waals surface area (Å²) in [5.41, 5.74) is 9.88. The Balaban J connectivity index is 2.18. The molecule has 0 radical (unpaired) electrons. The third-order valence-electron chi connectivity index (χ3n) is 3.10. The highest BCUT2D eigenvalue weighted by molar-refractivity contribution is 5.65. The molecule has 1 aromatic heterocycles. The quantitative estimate of drug-likeness (QED) is 0.767. The van der Waals surface area contributed by atoms with Gasteiger partial charge >= 0.3 is 0 Å². The second-order valence-electron chi connectivity index (χ2n) is 4.00. The number of rotatable bonds is 1. The zero-order valence-electron chi connectivity index (χ0n) is 8.44. The molecule has 1 unspecified atom stereocenters. The van der Waals surface area contributed by atoms with E-state index in [0.717, 1.165) is 18.6 Å². The molecular formula is C13H13NO. The highest BCUT2D eigenvalue weighted by Crippen LogP contribution is 2.36. The lowest BCUT2D eigenvalue weighted by Crippen LogP contribution is -2.04. The first-order chi connectivity index (χ1) is 7.36. The molecule has 0 aliphatic heterocycles. The van der Waals surface area contributed by atoms with Gasteiger partial charge in [-0.1, -0.05) is 18.2 Å². The second kappa shape index (κ2) is 3.24. The van der Waals surface area contributed by atoms with Gasteiger partial charge in [0.15, 0.2) is 0 Å². The summed E-state index contributed by atoms with van der Waals surface area (Å²) in [5, 5.41) is 0. The van der Waals surface area contributed by atoms with Crippen LogP contribution in [-0.4, -0.2) is 0 Å².